The quantitative estimate of drug-likeness (QED) is 0.449. The van der Waals surface area contributed by atoms with Gasteiger partial charge in [-0.1, -0.05) is 56.5 Å². The molecule has 1 aromatic heterocycles. The molecule has 0 N–H and O–H groups in total. The number of nitrogens with zero attached hydrogens (tertiary/aromatic N) is 2. The lowest BCUT2D eigenvalue weighted by Gasteiger charge is -2.05. The van der Waals surface area contributed by atoms with Crippen LogP contribution in [-0.2, 0) is 25.9 Å². The lowest BCUT2D eigenvalue weighted by molar-refractivity contribution is -0.704. The predicted molar refractivity (Wildman–Crippen MR) is 92.9 cm³/mol. The van der Waals surface area contributed by atoms with Crippen molar-refractivity contribution in [1.29, 1.82) is 0 Å². The SMILES string of the molecule is CCCCCCc1n(CC)cc[n+]1CCCc1ccccc1. The Hall–Kier alpha value is -1.57. The second-order valence-electron chi connectivity index (χ2n) is 6.09. The monoisotopic (exact) mass is 299 g/mol. The first-order valence-corrected chi connectivity index (χ1v) is 8.96. The van der Waals surface area contributed by atoms with Gasteiger partial charge in [0.1, 0.15) is 12.4 Å². The standard InChI is InChI=1S/C20H31N2/c1-3-5-6-10-15-20-21(4-2)17-18-22(20)16-11-14-19-12-8-7-9-13-19/h7-9,12-13,17-18H,3-6,10-11,14-16H2,1-2H3/q+1. The maximum absolute atomic E-state index is 2.47. The summed E-state index contributed by atoms with van der Waals surface area (Å²) in [5.74, 6) is 1.51. The number of aryl methyl sites for hydroxylation is 3. The fraction of sp³-hybridized carbons (Fsp3) is 0.550. The van der Waals surface area contributed by atoms with E-state index in [9.17, 15) is 0 Å². The van der Waals surface area contributed by atoms with Gasteiger partial charge in [-0.25, -0.2) is 9.13 Å². The number of unbranched alkanes of at least 4 members (excludes halogenated alkanes) is 3. The van der Waals surface area contributed by atoms with Crippen molar-refractivity contribution in [3.8, 4) is 0 Å². The fourth-order valence-electron chi connectivity index (χ4n) is 3.08. The summed E-state index contributed by atoms with van der Waals surface area (Å²) in [5, 5.41) is 0. The first kappa shape index (κ1) is 16.8. The van der Waals surface area contributed by atoms with Gasteiger partial charge in [-0.3, -0.25) is 0 Å². The number of rotatable bonds is 10. The first-order chi connectivity index (χ1) is 10.8. The highest BCUT2D eigenvalue weighted by molar-refractivity contribution is 5.14. The zero-order valence-corrected chi connectivity index (χ0v) is 14.3. The van der Waals surface area contributed by atoms with Crippen LogP contribution < -0.4 is 4.57 Å². The summed E-state index contributed by atoms with van der Waals surface area (Å²) in [6.45, 7) is 6.72. The molecular weight excluding hydrogens is 268 g/mol. The Kier molecular flexibility index (Phi) is 7.21. The van der Waals surface area contributed by atoms with Crippen LogP contribution in [0.15, 0.2) is 42.7 Å². The Labute approximate surface area is 135 Å². The molecule has 0 amide bonds. The van der Waals surface area contributed by atoms with Crippen LogP contribution in [-0.4, -0.2) is 4.57 Å². The summed E-state index contributed by atoms with van der Waals surface area (Å²) in [6, 6.07) is 10.8. The molecule has 0 unspecified atom stereocenters. The number of imidazole rings is 1. The third kappa shape index (κ3) is 5.01. The van der Waals surface area contributed by atoms with E-state index in [1.807, 2.05) is 0 Å². The minimum absolute atomic E-state index is 1.08. The highest BCUT2D eigenvalue weighted by Gasteiger charge is 2.15. The van der Waals surface area contributed by atoms with Crippen LogP contribution in [0.1, 0.15) is 57.3 Å². The lowest BCUT2D eigenvalue weighted by Crippen LogP contribution is -2.37. The van der Waals surface area contributed by atoms with Crippen LogP contribution in [0.4, 0.5) is 0 Å². The Bertz CT molecular complexity index is 528. The summed E-state index contributed by atoms with van der Waals surface area (Å²) in [5.41, 5.74) is 1.45. The second kappa shape index (κ2) is 9.45. The second-order valence-corrected chi connectivity index (χ2v) is 6.09. The largest absolute Gasteiger partial charge is 0.256 e. The van der Waals surface area contributed by atoms with Crippen molar-refractivity contribution < 1.29 is 4.57 Å². The summed E-state index contributed by atoms with van der Waals surface area (Å²) in [4.78, 5) is 0. The molecule has 0 fully saturated rings. The molecule has 2 nitrogen and oxygen atoms in total. The maximum atomic E-state index is 2.47. The zero-order chi connectivity index (χ0) is 15.6. The number of benzene rings is 1. The molecule has 0 atom stereocenters. The van der Waals surface area contributed by atoms with Crippen LogP contribution in [0.25, 0.3) is 0 Å². The highest BCUT2D eigenvalue weighted by Crippen LogP contribution is 2.07. The van der Waals surface area contributed by atoms with Gasteiger partial charge in [-0.05, 0) is 31.7 Å². The van der Waals surface area contributed by atoms with E-state index in [4.69, 9.17) is 0 Å². The van der Waals surface area contributed by atoms with E-state index in [2.05, 4.69) is 65.7 Å². The van der Waals surface area contributed by atoms with Gasteiger partial charge in [0.2, 0.25) is 0 Å². The maximum Gasteiger partial charge on any atom is 0.256 e. The van der Waals surface area contributed by atoms with Crippen LogP contribution in [0.2, 0.25) is 0 Å². The summed E-state index contributed by atoms with van der Waals surface area (Å²) >= 11 is 0. The van der Waals surface area contributed by atoms with Gasteiger partial charge < -0.3 is 0 Å². The van der Waals surface area contributed by atoms with E-state index < -0.39 is 0 Å². The molecule has 22 heavy (non-hydrogen) atoms. The molecule has 0 bridgehead atoms. The van der Waals surface area contributed by atoms with Gasteiger partial charge in [-0.2, -0.15) is 0 Å². The third-order valence-electron chi connectivity index (χ3n) is 4.39. The first-order valence-electron chi connectivity index (χ1n) is 8.96. The van der Waals surface area contributed by atoms with Crippen molar-refractivity contribution in [1.82, 2.24) is 4.57 Å². The van der Waals surface area contributed by atoms with Crippen LogP contribution in [0.5, 0.6) is 0 Å². The molecule has 0 spiro atoms. The molecule has 2 rings (SSSR count). The summed E-state index contributed by atoms with van der Waals surface area (Å²) in [7, 11) is 0. The molecule has 0 radical (unpaired) electrons. The normalized spacial score (nSPS) is 11.0. The van der Waals surface area contributed by atoms with E-state index in [1.54, 1.807) is 0 Å². The van der Waals surface area contributed by atoms with Gasteiger partial charge in [0, 0.05) is 6.42 Å². The molecule has 2 aromatic rings. The lowest BCUT2D eigenvalue weighted by atomic mass is 10.1. The van der Waals surface area contributed by atoms with Gasteiger partial charge in [-0.15, -0.1) is 0 Å². The van der Waals surface area contributed by atoms with E-state index in [0.717, 1.165) is 13.1 Å². The van der Waals surface area contributed by atoms with Gasteiger partial charge in [0.25, 0.3) is 5.82 Å². The zero-order valence-electron chi connectivity index (χ0n) is 14.3. The molecule has 120 valence electrons. The molecule has 0 aliphatic rings. The molecule has 0 aliphatic heterocycles. The molecule has 2 heteroatoms. The Balaban J connectivity index is 1.88. The Morgan fingerprint density at radius 2 is 1.73 bits per heavy atom. The average Bonchev–Trinajstić information content (AvgIpc) is 2.95. The Morgan fingerprint density at radius 3 is 2.45 bits per heavy atom. The molecule has 1 aromatic carbocycles. The van der Waals surface area contributed by atoms with Crippen molar-refractivity contribution in [2.24, 2.45) is 0 Å². The Morgan fingerprint density at radius 1 is 0.909 bits per heavy atom. The third-order valence-corrected chi connectivity index (χ3v) is 4.39. The molecule has 1 heterocycles. The van der Waals surface area contributed by atoms with Crippen LogP contribution >= 0.6 is 0 Å². The minimum Gasteiger partial charge on any atom is -0.235 e. The van der Waals surface area contributed by atoms with Crippen molar-refractivity contribution in [3.63, 3.8) is 0 Å². The van der Waals surface area contributed by atoms with E-state index in [0.29, 0.717) is 0 Å². The van der Waals surface area contributed by atoms with Gasteiger partial charge in [0.15, 0.2) is 0 Å². The molecule has 0 aliphatic carbocycles. The fourth-order valence-corrected chi connectivity index (χ4v) is 3.08. The minimum atomic E-state index is 1.08. The van der Waals surface area contributed by atoms with E-state index in [-0.39, 0.29) is 0 Å². The number of aromatic nitrogens is 2. The molecular formula is C20H31N2+. The predicted octanol–water partition coefficient (Wildman–Crippen LogP) is 4.55. The average molecular weight is 299 g/mol. The van der Waals surface area contributed by atoms with Crippen molar-refractivity contribution >= 4 is 0 Å². The van der Waals surface area contributed by atoms with Gasteiger partial charge in [0.05, 0.1) is 13.1 Å². The van der Waals surface area contributed by atoms with Crippen molar-refractivity contribution in [3.05, 3.63) is 54.1 Å². The molecule has 0 saturated heterocycles. The highest BCUT2D eigenvalue weighted by atomic mass is 15.1. The van der Waals surface area contributed by atoms with Crippen LogP contribution in [0, 0.1) is 0 Å². The van der Waals surface area contributed by atoms with E-state index >= 15 is 0 Å². The van der Waals surface area contributed by atoms with E-state index in [1.165, 1.54) is 56.3 Å². The summed E-state index contributed by atoms with van der Waals surface area (Å²) in [6.07, 6.45) is 13.5. The van der Waals surface area contributed by atoms with Crippen molar-refractivity contribution in [2.45, 2.75) is 71.9 Å². The molecule has 0 saturated carbocycles. The topological polar surface area (TPSA) is 8.81 Å². The summed E-state index contributed by atoms with van der Waals surface area (Å²) < 4.78 is 4.88. The smallest absolute Gasteiger partial charge is 0.235 e. The number of hydrogen-bond donors (Lipinski definition) is 0. The van der Waals surface area contributed by atoms with Crippen molar-refractivity contribution in [2.75, 3.05) is 0 Å². The number of hydrogen-bond acceptors (Lipinski definition) is 0. The van der Waals surface area contributed by atoms with Gasteiger partial charge >= 0.3 is 0 Å². The van der Waals surface area contributed by atoms with Crippen LogP contribution in [0.3, 0.4) is 0 Å².